The van der Waals surface area contributed by atoms with Gasteiger partial charge in [0.1, 0.15) is 0 Å². The lowest BCUT2D eigenvalue weighted by atomic mass is 10.1. The summed E-state index contributed by atoms with van der Waals surface area (Å²) in [4.78, 5) is 15.8. The molecular formula is C17H14N4O. The van der Waals surface area contributed by atoms with E-state index in [1.54, 1.807) is 12.3 Å². The van der Waals surface area contributed by atoms with E-state index in [0.29, 0.717) is 5.56 Å². The first-order valence-corrected chi connectivity index (χ1v) is 7.03. The van der Waals surface area contributed by atoms with Gasteiger partial charge in [-0.25, -0.2) is 0 Å². The van der Waals surface area contributed by atoms with Gasteiger partial charge in [0.25, 0.3) is 5.91 Å². The van der Waals surface area contributed by atoms with E-state index in [9.17, 15) is 4.79 Å². The van der Waals surface area contributed by atoms with E-state index in [1.165, 1.54) is 0 Å². The number of aromatic amines is 2. The molecule has 5 heteroatoms. The normalized spacial score (nSPS) is 11.1. The molecule has 2 aromatic carbocycles. The summed E-state index contributed by atoms with van der Waals surface area (Å²) in [6, 6.07) is 13.4. The Morgan fingerprint density at radius 3 is 2.95 bits per heavy atom. The van der Waals surface area contributed by atoms with Gasteiger partial charge in [-0.2, -0.15) is 5.10 Å². The van der Waals surface area contributed by atoms with Crippen molar-refractivity contribution < 1.29 is 4.79 Å². The van der Waals surface area contributed by atoms with Crippen molar-refractivity contribution in [1.82, 2.24) is 15.2 Å². The third-order valence-corrected chi connectivity index (χ3v) is 3.73. The highest BCUT2D eigenvalue weighted by Crippen LogP contribution is 2.21. The second kappa shape index (κ2) is 4.73. The van der Waals surface area contributed by atoms with E-state index >= 15 is 0 Å². The number of nitrogens with zero attached hydrogens (tertiary/aromatic N) is 1. The smallest absolute Gasteiger partial charge is 0.257 e. The minimum absolute atomic E-state index is 0.151. The summed E-state index contributed by atoms with van der Waals surface area (Å²) in [5, 5.41) is 11.8. The molecule has 0 saturated carbocycles. The van der Waals surface area contributed by atoms with Gasteiger partial charge in [-0.3, -0.25) is 9.89 Å². The molecule has 4 aromatic rings. The zero-order valence-corrected chi connectivity index (χ0v) is 12.0. The van der Waals surface area contributed by atoms with Gasteiger partial charge >= 0.3 is 0 Å². The SMILES string of the molecule is Cc1cc2cc(NC(=O)c3cccc4cn[nH]c34)ccc2[nH]1. The summed E-state index contributed by atoms with van der Waals surface area (Å²) in [6.45, 7) is 2.01. The fourth-order valence-corrected chi connectivity index (χ4v) is 2.71. The summed E-state index contributed by atoms with van der Waals surface area (Å²) in [5.74, 6) is -0.151. The van der Waals surface area contributed by atoms with Crippen LogP contribution >= 0.6 is 0 Å². The number of H-pyrrole nitrogens is 2. The van der Waals surface area contributed by atoms with E-state index in [1.807, 2.05) is 37.3 Å². The van der Waals surface area contributed by atoms with Crippen LogP contribution in [0.1, 0.15) is 16.1 Å². The number of fused-ring (bicyclic) bond motifs is 2. The second-order valence-electron chi connectivity index (χ2n) is 5.35. The molecule has 108 valence electrons. The molecular weight excluding hydrogens is 276 g/mol. The van der Waals surface area contributed by atoms with Gasteiger partial charge in [0, 0.05) is 27.7 Å². The van der Waals surface area contributed by atoms with Crippen molar-refractivity contribution in [2.75, 3.05) is 5.32 Å². The zero-order chi connectivity index (χ0) is 15.1. The van der Waals surface area contributed by atoms with Crippen LogP contribution in [0.5, 0.6) is 0 Å². The Kier molecular flexibility index (Phi) is 2.72. The van der Waals surface area contributed by atoms with Gasteiger partial charge in [-0.1, -0.05) is 12.1 Å². The number of aromatic nitrogens is 3. The summed E-state index contributed by atoms with van der Waals surface area (Å²) < 4.78 is 0. The Morgan fingerprint density at radius 2 is 2.05 bits per heavy atom. The minimum atomic E-state index is -0.151. The van der Waals surface area contributed by atoms with Crippen molar-refractivity contribution in [2.45, 2.75) is 6.92 Å². The molecule has 2 aromatic heterocycles. The number of hydrogen-bond acceptors (Lipinski definition) is 2. The highest BCUT2D eigenvalue weighted by Gasteiger charge is 2.11. The number of nitrogens with one attached hydrogen (secondary N) is 3. The van der Waals surface area contributed by atoms with Crippen LogP contribution in [-0.2, 0) is 0 Å². The van der Waals surface area contributed by atoms with Crippen LogP contribution in [0.4, 0.5) is 5.69 Å². The number of rotatable bonds is 2. The number of amides is 1. The van der Waals surface area contributed by atoms with Crippen LogP contribution in [0.25, 0.3) is 21.8 Å². The van der Waals surface area contributed by atoms with E-state index in [2.05, 4.69) is 26.6 Å². The van der Waals surface area contributed by atoms with Crippen molar-refractivity contribution in [2.24, 2.45) is 0 Å². The third-order valence-electron chi connectivity index (χ3n) is 3.73. The largest absolute Gasteiger partial charge is 0.359 e. The Labute approximate surface area is 126 Å². The molecule has 0 bridgehead atoms. The lowest BCUT2D eigenvalue weighted by Crippen LogP contribution is -2.12. The van der Waals surface area contributed by atoms with Crippen molar-refractivity contribution in [1.29, 1.82) is 0 Å². The maximum atomic E-state index is 12.5. The molecule has 1 amide bonds. The fraction of sp³-hybridized carbons (Fsp3) is 0.0588. The van der Waals surface area contributed by atoms with Crippen molar-refractivity contribution in [3.8, 4) is 0 Å². The standard InChI is InChI=1S/C17H14N4O/c1-10-7-12-8-13(5-6-15(12)19-10)20-17(22)14-4-2-3-11-9-18-21-16(11)14/h2-9,19H,1H3,(H,18,21)(H,20,22). The Morgan fingerprint density at radius 1 is 1.14 bits per heavy atom. The molecule has 22 heavy (non-hydrogen) atoms. The maximum Gasteiger partial charge on any atom is 0.257 e. The zero-order valence-electron chi connectivity index (χ0n) is 12.0. The van der Waals surface area contributed by atoms with Crippen molar-refractivity contribution in [3.05, 3.63) is 59.9 Å². The van der Waals surface area contributed by atoms with E-state index in [-0.39, 0.29) is 5.91 Å². The lowest BCUT2D eigenvalue weighted by molar-refractivity contribution is 0.102. The first-order chi connectivity index (χ1) is 10.7. The summed E-state index contributed by atoms with van der Waals surface area (Å²) in [7, 11) is 0. The molecule has 0 atom stereocenters. The van der Waals surface area contributed by atoms with Crippen molar-refractivity contribution in [3.63, 3.8) is 0 Å². The van der Waals surface area contributed by atoms with Crippen LogP contribution in [0.2, 0.25) is 0 Å². The van der Waals surface area contributed by atoms with E-state index in [4.69, 9.17) is 0 Å². The molecule has 0 saturated heterocycles. The minimum Gasteiger partial charge on any atom is -0.359 e. The van der Waals surface area contributed by atoms with Gasteiger partial charge in [-0.05, 0) is 37.3 Å². The van der Waals surface area contributed by atoms with Gasteiger partial charge in [0.05, 0.1) is 17.3 Å². The Bertz CT molecular complexity index is 996. The third kappa shape index (κ3) is 2.03. The molecule has 0 fully saturated rings. The number of aryl methyl sites for hydroxylation is 1. The molecule has 3 N–H and O–H groups in total. The van der Waals surface area contributed by atoms with E-state index < -0.39 is 0 Å². The number of hydrogen-bond donors (Lipinski definition) is 3. The van der Waals surface area contributed by atoms with Crippen LogP contribution in [-0.4, -0.2) is 21.1 Å². The van der Waals surface area contributed by atoms with Crippen LogP contribution in [0, 0.1) is 6.92 Å². The van der Waals surface area contributed by atoms with Crippen LogP contribution in [0.15, 0.2) is 48.7 Å². The lowest BCUT2D eigenvalue weighted by Gasteiger charge is -2.06. The van der Waals surface area contributed by atoms with Crippen molar-refractivity contribution >= 4 is 33.4 Å². The molecule has 2 heterocycles. The molecule has 0 aliphatic rings. The predicted octanol–water partition coefficient (Wildman–Crippen LogP) is 3.60. The predicted molar refractivity (Wildman–Crippen MR) is 87.1 cm³/mol. The van der Waals surface area contributed by atoms with E-state index in [0.717, 1.165) is 33.2 Å². The molecule has 0 spiro atoms. The summed E-state index contributed by atoms with van der Waals surface area (Å²) in [5.41, 5.74) is 4.26. The number of carbonyl (C=O) groups excluding carboxylic acids is 1. The molecule has 0 unspecified atom stereocenters. The number of benzene rings is 2. The highest BCUT2D eigenvalue weighted by molar-refractivity contribution is 6.12. The van der Waals surface area contributed by atoms with Gasteiger partial charge in [-0.15, -0.1) is 0 Å². The molecule has 4 rings (SSSR count). The van der Waals surface area contributed by atoms with Crippen LogP contribution < -0.4 is 5.32 Å². The Hall–Kier alpha value is -3.08. The summed E-state index contributed by atoms with van der Waals surface area (Å²) in [6.07, 6.45) is 1.71. The number of para-hydroxylation sites is 1. The van der Waals surface area contributed by atoms with Gasteiger partial charge < -0.3 is 10.3 Å². The van der Waals surface area contributed by atoms with Gasteiger partial charge in [0.2, 0.25) is 0 Å². The molecule has 5 nitrogen and oxygen atoms in total. The monoisotopic (exact) mass is 290 g/mol. The quantitative estimate of drug-likeness (QED) is 0.527. The number of anilines is 1. The number of carbonyl (C=O) groups is 1. The first-order valence-electron chi connectivity index (χ1n) is 7.03. The highest BCUT2D eigenvalue weighted by atomic mass is 16.1. The Balaban J connectivity index is 1.69. The van der Waals surface area contributed by atoms with Gasteiger partial charge in [0.15, 0.2) is 0 Å². The molecule has 0 aliphatic carbocycles. The maximum absolute atomic E-state index is 12.5. The average Bonchev–Trinajstić information content (AvgIpc) is 3.11. The second-order valence-corrected chi connectivity index (χ2v) is 5.35. The fourth-order valence-electron chi connectivity index (χ4n) is 2.71. The van der Waals surface area contributed by atoms with Crippen LogP contribution in [0.3, 0.4) is 0 Å². The first kappa shape index (κ1) is 12.6. The average molecular weight is 290 g/mol. The summed E-state index contributed by atoms with van der Waals surface area (Å²) >= 11 is 0. The topological polar surface area (TPSA) is 73.6 Å². The molecule has 0 radical (unpaired) electrons. The molecule has 0 aliphatic heterocycles.